The Balaban J connectivity index is 2.09. The standard InChI is InChI=1S/C16H19NOS/c1-12-11-17-15(19-12)16(18,14-9-5-6-10-14)13-7-3-2-4-8-13/h2-4,7-8,11,14,18H,5-6,9-10H2,1H3. The maximum atomic E-state index is 11.4. The van der Waals surface area contributed by atoms with Crippen LogP contribution in [0.3, 0.4) is 0 Å². The van der Waals surface area contributed by atoms with E-state index in [4.69, 9.17) is 0 Å². The van der Waals surface area contributed by atoms with Crippen LogP contribution in [0.2, 0.25) is 0 Å². The summed E-state index contributed by atoms with van der Waals surface area (Å²) in [5.41, 5.74) is 0.0766. The van der Waals surface area contributed by atoms with Gasteiger partial charge in [-0.15, -0.1) is 11.3 Å². The molecule has 0 bridgehead atoms. The summed E-state index contributed by atoms with van der Waals surface area (Å²) in [6.45, 7) is 2.04. The topological polar surface area (TPSA) is 33.1 Å². The van der Waals surface area contributed by atoms with Crippen LogP contribution in [0.4, 0.5) is 0 Å². The van der Waals surface area contributed by atoms with Crippen LogP contribution in [0.1, 0.15) is 41.1 Å². The van der Waals surface area contributed by atoms with Crippen molar-refractivity contribution in [1.82, 2.24) is 4.98 Å². The van der Waals surface area contributed by atoms with E-state index in [9.17, 15) is 5.11 Å². The lowest BCUT2D eigenvalue weighted by molar-refractivity contribution is 0.0186. The van der Waals surface area contributed by atoms with E-state index in [1.807, 2.05) is 43.5 Å². The number of nitrogens with zero attached hydrogens (tertiary/aromatic N) is 1. The predicted octanol–water partition coefficient (Wildman–Crippen LogP) is 3.88. The summed E-state index contributed by atoms with van der Waals surface area (Å²) in [7, 11) is 0. The molecule has 2 nitrogen and oxygen atoms in total. The van der Waals surface area contributed by atoms with E-state index >= 15 is 0 Å². The van der Waals surface area contributed by atoms with Gasteiger partial charge in [-0.25, -0.2) is 4.98 Å². The second-order valence-corrected chi connectivity index (χ2v) is 6.62. The third kappa shape index (κ3) is 2.21. The first kappa shape index (κ1) is 12.8. The smallest absolute Gasteiger partial charge is 0.144 e. The first-order chi connectivity index (χ1) is 9.21. The molecule has 0 aliphatic heterocycles. The zero-order valence-electron chi connectivity index (χ0n) is 11.2. The fourth-order valence-corrected chi connectivity index (χ4v) is 4.06. The molecule has 1 fully saturated rings. The summed E-state index contributed by atoms with van der Waals surface area (Å²) in [6.07, 6.45) is 6.46. The van der Waals surface area contributed by atoms with E-state index in [1.165, 1.54) is 12.8 Å². The number of benzene rings is 1. The second kappa shape index (κ2) is 5.06. The van der Waals surface area contributed by atoms with Crippen molar-refractivity contribution in [1.29, 1.82) is 0 Å². The van der Waals surface area contributed by atoms with Gasteiger partial charge in [0.1, 0.15) is 10.6 Å². The molecule has 0 amide bonds. The molecule has 1 aromatic heterocycles. The molecule has 0 radical (unpaired) electrons. The minimum Gasteiger partial charge on any atom is -0.378 e. The number of hydrogen-bond acceptors (Lipinski definition) is 3. The van der Waals surface area contributed by atoms with Crippen LogP contribution in [-0.2, 0) is 5.60 Å². The van der Waals surface area contributed by atoms with Crippen molar-refractivity contribution >= 4 is 11.3 Å². The molecular formula is C16H19NOS. The maximum absolute atomic E-state index is 11.4. The molecule has 0 saturated heterocycles. The van der Waals surface area contributed by atoms with Gasteiger partial charge in [0.25, 0.3) is 0 Å². The predicted molar refractivity (Wildman–Crippen MR) is 78.2 cm³/mol. The van der Waals surface area contributed by atoms with Crippen molar-refractivity contribution in [3.8, 4) is 0 Å². The fourth-order valence-electron chi connectivity index (χ4n) is 3.10. The van der Waals surface area contributed by atoms with Crippen molar-refractivity contribution in [3.63, 3.8) is 0 Å². The van der Waals surface area contributed by atoms with E-state index < -0.39 is 5.60 Å². The minimum absolute atomic E-state index is 0.292. The second-order valence-electron chi connectivity index (χ2n) is 5.39. The van der Waals surface area contributed by atoms with Crippen LogP contribution in [0.5, 0.6) is 0 Å². The highest BCUT2D eigenvalue weighted by Gasteiger charge is 2.43. The lowest BCUT2D eigenvalue weighted by Crippen LogP contribution is -2.35. The minimum atomic E-state index is -0.906. The van der Waals surface area contributed by atoms with Crippen LogP contribution in [-0.4, -0.2) is 10.1 Å². The lowest BCUT2D eigenvalue weighted by atomic mass is 9.80. The van der Waals surface area contributed by atoms with E-state index in [2.05, 4.69) is 4.98 Å². The first-order valence-corrected chi connectivity index (χ1v) is 7.73. The van der Waals surface area contributed by atoms with Crippen molar-refractivity contribution in [2.24, 2.45) is 5.92 Å². The number of aryl methyl sites for hydroxylation is 1. The molecule has 3 rings (SSSR count). The van der Waals surface area contributed by atoms with E-state index in [1.54, 1.807) is 11.3 Å². The van der Waals surface area contributed by atoms with Crippen molar-refractivity contribution in [3.05, 3.63) is 52.0 Å². The Hall–Kier alpha value is -1.19. The average molecular weight is 273 g/mol. The molecule has 1 aromatic carbocycles. The van der Waals surface area contributed by atoms with Gasteiger partial charge in [-0.1, -0.05) is 43.2 Å². The van der Waals surface area contributed by atoms with E-state index in [-0.39, 0.29) is 0 Å². The maximum Gasteiger partial charge on any atom is 0.144 e. The average Bonchev–Trinajstić information content (AvgIpc) is 3.10. The summed E-state index contributed by atoms with van der Waals surface area (Å²) in [5, 5.41) is 12.3. The highest BCUT2D eigenvalue weighted by atomic mass is 32.1. The monoisotopic (exact) mass is 273 g/mol. The molecule has 1 aliphatic carbocycles. The molecule has 100 valence electrons. The van der Waals surface area contributed by atoms with E-state index in [0.29, 0.717) is 5.92 Å². The van der Waals surface area contributed by atoms with E-state index in [0.717, 1.165) is 28.3 Å². The van der Waals surface area contributed by atoms with Gasteiger partial charge >= 0.3 is 0 Å². The molecule has 3 heteroatoms. The Labute approximate surface area is 118 Å². The molecule has 0 spiro atoms. The summed E-state index contributed by atoms with van der Waals surface area (Å²) in [6, 6.07) is 10.0. The van der Waals surface area contributed by atoms with Crippen molar-refractivity contribution < 1.29 is 5.11 Å². The Morgan fingerprint density at radius 3 is 2.47 bits per heavy atom. The Bertz CT molecular complexity index is 545. The molecule has 1 atom stereocenters. The number of rotatable bonds is 3. The van der Waals surface area contributed by atoms with Gasteiger partial charge < -0.3 is 5.11 Å². The largest absolute Gasteiger partial charge is 0.378 e. The fraction of sp³-hybridized carbons (Fsp3) is 0.438. The van der Waals surface area contributed by atoms with Crippen LogP contribution < -0.4 is 0 Å². The third-order valence-corrected chi connectivity index (χ3v) is 5.14. The number of thiazole rings is 1. The quantitative estimate of drug-likeness (QED) is 0.920. The highest BCUT2D eigenvalue weighted by Crippen LogP contribution is 2.45. The highest BCUT2D eigenvalue weighted by molar-refractivity contribution is 7.11. The van der Waals surface area contributed by atoms with Gasteiger partial charge in [-0.2, -0.15) is 0 Å². The van der Waals surface area contributed by atoms with Gasteiger partial charge in [0.05, 0.1) is 0 Å². The molecule has 1 saturated carbocycles. The van der Waals surface area contributed by atoms with Gasteiger partial charge in [0.2, 0.25) is 0 Å². The summed E-state index contributed by atoms with van der Waals surface area (Å²) >= 11 is 1.62. The molecule has 1 N–H and O–H groups in total. The first-order valence-electron chi connectivity index (χ1n) is 6.92. The summed E-state index contributed by atoms with van der Waals surface area (Å²) < 4.78 is 0. The lowest BCUT2D eigenvalue weighted by Gasteiger charge is -2.32. The van der Waals surface area contributed by atoms with Crippen LogP contribution in [0.25, 0.3) is 0 Å². The number of hydrogen-bond donors (Lipinski definition) is 1. The third-order valence-electron chi connectivity index (χ3n) is 4.11. The van der Waals surface area contributed by atoms with Gasteiger partial charge in [-0.3, -0.25) is 0 Å². The van der Waals surface area contributed by atoms with Crippen LogP contribution in [0, 0.1) is 12.8 Å². The zero-order chi connectivity index (χ0) is 13.3. The Kier molecular flexibility index (Phi) is 3.42. The molecular weight excluding hydrogens is 254 g/mol. The summed E-state index contributed by atoms with van der Waals surface area (Å²) in [4.78, 5) is 5.63. The number of aromatic nitrogens is 1. The normalized spacial score (nSPS) is 19.5. The molecule has 1 aliphatic rings. The van der Waals surface area contributed by atoms with Crippen LogP contribution in [0.15, 0.2) is 36.5 Å². The number of aliphatic hydroxyl groups is 1. The Morgan fingerprint density at radius 1 is 1.21 bits per heavy atom. The zero-order valence-corrected chi connectivity index (χ0v) is 12.0. The Morgan fingerprint density at radius 2 is 1.89 bits per heavy atom. The van der Waals surface area contributed by atoms with Crippen LogP contribution >= 0.6 is 11.3 Å². The molecule has 2 aromatic rings. The van der Waals surface area contributed by atoms with Gasteiger partial charge in [0.15, 0.2) is 0 Å². The SMILES string of the molecule is Cc1cnc(C(O)(c2ccccc2)C2CCCC2)s1. The van der Waals surface area contributed by atoms with Crippen molar-refractivity contribution in [2.75, 3.05) is 0 Å². The summed E-state index contributed by atoms with van der Waals surface area (Å²) in [5.74, 6) is 0.292. The molecule has 1 unspecified atom stereocenters. The van der Waals surface area contributed by atoms with Gasteiger partial charge in [-0.05, 0) is 31.2 Å². The van der Waals surface area contributed by atoms with Crippen molar-refractivity contribution in [2.45, 2.75) is 38.2 Å². The molecule has 1 heterocycles. The molecule has 19 heavy (non-hydrogen) atoms. The van der Waals surface area contributed by atoms with Gasteiger partial charge in [0, 0.05) is 11.1 Å².